The highest BCUT2D eigenvalue weighted by Gasteiger charge is 2.20. The lowest BCUT2D eigenvalue weighted by atomic mass is 10.2. The molecule has 0 aromatic carbocycles. The topological polar surface area (TPSA) is 96.2 Å². The van der Waals surface area contributed by atoms with Crippen LogP contribution < -0.4 is 16.6 Å². The highest BCUT2D eigenvalue weighted by Crippen LogP contribution is 2.19. The van der Waals surface area contributed by atoms with Gasteiger partial charge in [-0.15, -0.1) is 0 Å². The number of furan rings is 1. The van der Waals surface area contributed by atoms with Crippen LogP contribution in [0.5, 0.6) is 0 Å². The maximum atomic E-state index is 12.1. The number of rotatable bonds is 5. The van der Waals surface area contributed by atoms with E-state index in [2.05, 4.69) is 5.32 Å². The molecular weight excluding hydrogens is 298 g/mol. The Labute approximate surface area is 133 Å². The van der Waals surface area contributed by atoms with Gasteiger partial charge in [-0.3, -0.25) is 18.8 Å². The first kappa shape index (κ1) is 16.6. The first-order valence-electron chi connectivity index (χ1n) is 7.02. The molecule has 0 aliphatic carbocycles. The molecule has 23 heavy (non-hydrogen) atoms. The number of nitriles is 1. The molecule has 2 aromatic rings. The summed E-state index contributed by atoms with van der Waals surface area (Å²) in [6, 6.07) is 5.39. The van der Waals surface area contributed by atoms with Crippen LogP contribution in [0.2, 0.25) is 0 Å². The molecule has 0 amide bonds. The third kappa shape index (κ3) is 3.05. The quantitative estimate of drug-likeness (QED) is 0.850. The molecule has 0 radical (unpaired) electrons. The minimum Gasteiger partial charge on any atom is -0.468 e. The highest BCUT2D eigenvalue weighted by atomic mass is 16.3. The lowest BCUT2D eigenvalue weighted by molar-refractivity contribution is 0.269. The van der Waals surface area contributed by atoms with Crippen LogP contribution in [0.15, 0.2) is 32.4 Å². The molecule has 2 aromatic heterocycles. The monoisotopic (exact) mass is 317 g/mol. The number of hydrogen-bond acceptors (Lipinski definition) is 6. The summed E-state index contributed by atoms with van der Waals surface area (Å²) < 4.78 is 7.59. The zero-order chi connectivity index (χ0) is 17.1. The summed E-state index contributed by atoms with van der Waals surface area (Å²) in [7, 11) is 6.65. The second-order valence-corrected chi connectivity index (χ2v) is 5.42. The molecule has 8 nitrogen and oxygen atoms in total. The smallest absolute Gasteiger partial charge is 0.332 e. The van der Waals surface area contributed by atoms with Gasteiger partial charge in [0.25, 0.3) is 5.56 Å². The van der Waals surface area contributed by atoms with Crippen molar-refractivity contribution in [1.29, 1.82) is 5.26 Å². The minimum absolute atomic E-state index is 0.0912. The fourth-order valence-corrected chi connectivity index (χ4v) is 2.36. The van der Waals surface area contributed by atoms with Crippen LogP contribution in [-0.2, 0) is 14.1 Å². The summed E-state index contributed by atoms with van der Waals surface area (Å²) in [5, 5.41) is 12.3. The first-order chi connectivity index (χ1) is 10.9. The van der Waals surface area contributed by atoms with Crippen molar-refractivity contribution in [2.45, 2.75) is 6.04 Å². The Balaban J connectivity index is 2.39. The third-order valence-corrected chi connectivity index (χ3v) is 3.73. The molecule has 2 heterocycles. The lowest BCUT2D eigenvalue weighted by Gasteiger charge is -2.24. The van der Waals surface area contributed by atoms with Crippen molar-refractivity contribution in [1.82, 2.24) is 14.0 Å². The lowest BCUT2D eigenvalue weighted by Crippen LogP contribution is -2.40. The van der Waals surface area contributed by atoms with E-state index in [9.17, 15) is 14.9 Å². The van der Waals surface area contributed by atoms with Crippen molar-refractivity contribution >= 4 is 5.82 Å². The van der Waals surface area contributed by atoms with Gasteiger partial charge in [0.05, 0.1) is 12.3 Å². The third-order valence-electron chi connectivity index (χ3n) is 3.73. The summed E-state index contributed by atoms with van der Waals surface area (Å²) in [4.78, 5) is 26.0. The fourth-order valence-electron chi connectivity index (χ4n) is 2.36. The van der Waals surface area contributed by atoms with E-state index in [1.54, 1.807) is 12.3 Å². The van der Waals surface area contributed by atoms with Crippen LogP contribution in [0.25, 0.3) is 0 Å². The van der Waals surface area contributed by atoms with Gasteiger partial charge in [-0.1, -0.05) is 0 Å². The molecule has 0 bridgehead atoms. The number of nitrogens with zero attached hydrogens (tertiary/aromatic N) is 4. The normalized spacial score (nSPS) is 12.2. The maximum Gasteiger partial charge on any atom is 0.332 e. The van der Waals surface area contributed by atoms with Crippen molar-refractivity contribution in [3.63, 3.8) is 0 Å². The van der Waals surface area contributed by atoms with Gasteiger partial charge >= 0.3 is 5.69 Å². The molecule has 0 saturated carbocycles. The van der Waals surface area contributed by atoms with Crippen LogP contribution in [0.3, 0.4) is 0 Å². The molecule has 0 fully saturated rings. The second-order valence-electron chi connectivity index (χ2n) is 5.42. The molecule has 0 spiro atoms. The predicted octanol–water partition coefficient (Wildman–Crippen LogP) is 0.263. The molecule has 8 heteroatoms. The Morgan fingerprint density at radius 3 is 2.57 bits per heavy atom. The number of aromatic nitrogens is 2. The molecular formula is C15H19N5O3. The number of likely N-dealkylation sites (N-methyl/N-ethyl adjacent to an activating group) is 1. The van der Waals surface area contributed by atoms with Crippen molar-refractivity contribution in [3.8, 4) is 6.07 Å². The van der Waals surface area contributed by atoms with E-state index in [4.69, 9.17) is 4.42 Å². The zero-order valence-electron chi connectivity index (χ0n) is 13.5. The first-order valence-corrected chi connectivity index (χ1v) is 7.02. The van der Waals surface area contributed by atoms with Crippen LogP contribution in [0.1, 0.15) is 17.4 Å². The number of nitrogens with one attached hydrogen (secondary N) is 1. The molecule has 0 aliphatic heterocycles. The van der Waals surface area contributed by atoms with E-state index >= 15 is 0 Å². The van der Waals surface area contributed by atoms with Gasteiger partial charge in [-0.25, -0.2) is 4.79 Å². The summed E-state index contributed by atoms with van der Waals surface area (Å²) in [6.45, 7) is 0.371. The fraction of sp³-hybridized carbons (Fsp3) is 0.400. The Kier molecular flexibility index (Phi) is 4.71. The van der Waals surface area contributed by atoms with Gasteiger partial charge < -0.3 is 9.73 Å². The largest absolute Gasteiger partial charge is 0.468 e. The van der Waals surface area contributed by atoms with E-state index in [0.29, 0.717) is 6.54 Å². The van der Waals surface area contributed by atoms with E-state index in [1.165, 1.54) is 18.7 Å². The SMILES string of the molecule is CN(C)C(CNc1c(C#N)c(=O)n(C)c(=O)n1C)c1ccco1. The predicted molar refractivity (Wildman–Crippen MR) is 85.3 cm³/mol. The van der Waals surface area contributed by atoms with Gasteiger partial charge in [0.2, 0.25) is 0 Å². The van der Waals surface area contributed by atoms with Crippen LogP contribution >= 0.6 is 0 Å². The number of anilines is 1. The van der Waals surface area contributed by atoms with Crippen molar-refractivity contribution in [3.05, 3.63) is 50.6 Å². The molecule has 0 saturated heterocycles. The van der Waals surface area contributed by atoms with Crippen LogP contribution in [0.4, 0.5) is 5.82 Å². The van der Waals surface area contributed by atoms with Gasteiger partial charge in [-0.2, -0.15) is 5.26 Å². The summed E-state index contributed by atoms with van der Waals surface area (Å²) >= 11 is 0. The maximum absolute atomic E-state index is 12.1. The Morgan fingerprint density at radius 1 is 1.35 bits per heavy atom. The minimum atomic E-state index is -0.613. The molecule has 1 N–H and O–H groups in total. The second kappa shape index (κ2) is 6.54. The van der Waals surface area contributed by atoms with E-state index in [1.807, 2.05) is 31.1 Å². The summed E-state index contributed by atoms with van der Waals surface area (Å²) in [5.41, 5.74) is -1.19. The highest BCUT2D eigenvalue weighted by molar-refractivity contribution is 5.51. The average molecular weight is 317 g/mol. The number of hydrogen-bond donors (Lipinski definition) is 1. The van der Waals surface area contributed by atoms with E-state index < -0.39 is 11.2 Å². The molecule has 1 atom stereocenters. The summed E-state index contributed by atoms with van der Waals surface area (Å²) in [5.74, 6) is 0.953. The Hall–Kier alpha value is -2.79. The van der Waals surface area contributed by atoms with Crippen LogP contribution in [0, 0.1) is 11.3 Å². The molecule has 2 rings (SSSR count). The van der Waals surface area contributed by atoms with Crippen molar-refractivity contribution in [2.24, 2.45) is 14.1 Å². The van der Waals surface area contributed by atoms with Crippen molar-refractivity contribution < 1.29 is 4.42 Å². The van der Waals surface area contributed by atoms with E-state index in [0.717, 1.165) is 10.3 Å². The van der Waals surface area contributed by atoms with Gasteiger partial charge in [0.1, 0.15) is 17.6 Å². The van der Waals surface area contributed by atoms with Crippen LogP contribution in [-0.4, -0.2) is 34.7 Å². The average Bonchev–Trinajstić information content (AvgIpc) is 3.04. The van der Waals surface area contributed by atoms with Gasteiger partial charge in [0, 0.05) is 20.6 Å². The summed E-state index contributed by atoms with van der Waals surface area (Å²) in [6.07, 6.45) is 1.58. The van der Waals surface area contributed by atoms with Gasteiger partial charge in [0.15, 0.2) is 5.56 Å². The van der Waals surface area contributed by atoms with Gasteiger partial charge in [-0.05, 0) is 26.2 Å². The Morgan fingerprint density at radius 2 is 2.04 bits per heavy atom. The van der Waals surface area contributed by atoms with Crippen molar-refractivity contribution in [2.75, 3.05) is 26.0 Å². The standard InChI is InChI=1S/C15H19N5O3/c1-18(2)11(12-6-5-7-23-12)9-17-13-10(8-16)14(21)20(4)15(22)19(13)3/h5-7,11,17H,9H2,1-4H3. The molecule has 0 aliphatic rings. The zero-order valence-corrected chi connectivity index (χ0v) is 13.5. The Bertz CT molecular complexity index is 840. The molecule has 1 unspecified atom stereocenters. The van der Waals surface area contributed by atoms with E-state index in [-0.39, 0.29) is 17.4 Å². The molecule has 122 valence electrons.